The van der Waals surface area contributed by atoms with Gasteiger partial charge in [-0.25, -0.2) is 0 Å². The molecule has 3 rings (SSSR count). The third kappa shape index (κ3) is 3.74. The molecule has 2 aromatic rings. The summed E-state index contributed by atoms with van der Waals surface area (Å²) in [6, 6.07) is 10.6. The fraction of sp³-hybridized carbons (Fsp3) is 0.312. The Bertz CT molecular complexity index is 563. The lowest BCUT2D eigenvalue weighted by Gasteiger charge is -2.27. The molecule has 3 nitrogen and oxygen atoms in total. The SMILES string of the molecule is CNC[C@@H]1OCCc2c(-c3cccnc3)cccc21.Cl.Cl. The number of rotatable bonds is 3. The number of likely N-dealkylation sites (N-methyl/N-ethyl adjacent to an activating group) is 1. The maximum absolute atomic E-state index is 5.86. The van der Waals surface area contributed by atoms with E-state index in [2.05, 4.69) is 34.6 Å². The quantitative estimate of drug-likeness (QED) is 0.938. The van der Waals surface area contributed by atoms with Crippen LogP contribution in [0.5, 0.6) is 0 Å². The van der Waals surface area contributed by atoms with Crippen LogP contribution in [0.4, 0.5) is 0 Å². The molecular weight excluding hydrogens is 307 g/mol. The van der Waals surface area contributed by atoms with Gasteiger partial charge in [0.05, 0.1) is 12.7 Å². The van der Waals surface area contributed by atoms with Crippen molar-refractivity contribution in [3.8, 4) is 11.1 Å². The van der Waals surface area contributed by atoms with Gasteiger partial charge in [-0.2, -0.15) is 0 Å². The molecule has 0 fully saturated rings. The van der Waals surface area contributed by atoms with E-state index in [4.69, 9.17) is 4.74 Å². The van der Waals surface area contributed by atoms with E-state index in [-0.39, 0.29) is 30.9 Å². The van der Waals surface area contributed by atoms with E-state index in [0.29, 0.717) is 0 Å². The van der Waals surface area contributed by atoms with Crippen molar-refractivity contribution in [2.75, 3.05) is 20.2 Å². The van der Waals surface area contributed by atoms with E-state index in [0.717, 1.165) is 19.6 Å². The van der Waals surface area contributed by atoms with Crippen LogP contribution < -0.4 is 5.32 Å². The van der Waals surface area contributed by atoms with Gasteiger partial charge in [0.15, 0.2) is 0 Å². The molecule has 1 aromatic heterocycles. The van der Waals surface area contributed by atoms with E-state index >= 15 is 0 Å². The van der Waals surface area contributed by atoms with Gasteiger partial charge in [0.25, 0.3) is 0 Å². The molecule has 21 heavy (non-hydrogen) atoms. The summed E-state index contributed by atoms with van der Waals surface area (Å²) in [5.41, 5.74) is 5.18. The first-order valence-corrected chi connectivity index (χ1v) is 6.68. The maximum Gasteiger partial charge on any atom is 0.0952 e. The Kier molecular flexibility index (Phi) is 7.12. The summed E-state index contributed by atoms with van der Waals surface area (Å²) in [7, 11) is 1.96. The summed E-state index contributed by atoms with van der Waals surface area (Å²) in [5, 5.41) is 3.20. The topological polar surface area (TPSA) is 34.1 Å². The van der Waals surface area contributed by atoms with Crippen LogP contribution in [0.1, 0.15) is 17.2 Å². The van der Waals surface area contributed by atoms with E-state index in [1.54, 1.807) is 0 Å². The monoisotopic (exact) mass is 326 g/mol. The smallest absolute Gasteiger partial charge is 0.0952 e. The predicted molar refractivity (Wildman–Crippen MR) is 90.5 cm³/mol. The Hall–Kier alpha value is -1.13. The Morgan fingerprint density at radius 3 is 2.81 bits per heavy atom. The zero-order valence-corrected chi connectivity index (χ0v) is 13.5. The van der Waals surface area contributed by atoms with Gasteiger partial charge in [-0.15, -0.1) is 24.8 Å². The second-order valence-corrected chi connectivity index (χ2v) is 4.78. The number of benzene rings is 1. The molecule has 5 heteroatoms. The van der Waals surface area contributed by atoms with Gasteiger partial charge in [-0.05, 0) is 36.2 Å². The van der Waals surface area contributed by atoms with Crippen molar-refractivity contribution in [2.45, 2.75) is 12.5 Å². The van der Waals surface area contributed by atoms with Crippen LogP contribution in [-0.2, 0) is 11.2 Å². The van der Waals surface area contributed by atoms with Crippen LogP contribution in [-0.4, -0.2) is 25.2 Å². The second-order valence-electron chi connectivity index (χ2n) is 4.78. The van der Waals surface area contributed by atoms with Crippen LogP contribution in [0, 0.1) is 0 Å². The second kappa shape index (κ2) is 8.35. The third-order valence-corrected chi connectivity index (χ3v) is 3.59. The van der Waals surface area contributed by atoms with Crippen molar-refractivity contribution in [3.05, 3.63) is 53.9 Å². The number of fused-ring (bicyclic) bond motifs is 1. The molecule has 1 atom stereocenters. The lowest BCUT2D eigenvalue weighted by Crippen LogP contribution is -2.25. The Balaban J connectivity index is 0.00000110. The van der Waals surface area contributed by atoms with E-state index < -0.39 is 0 Å². The molecule has 0 spiro atoms. The van der Waals surface area contributed by atoms with Crippen molar-refractivity contribution in [3.63, 3.8) is 0 Å². The largest absolute Gasteiger partial charge is 0.372 e. The van der Waals surface area contributed by atoms with Crippen LogP contribution in [0.15, 0.2) is 42.7 Å². The summed E-state index contributed by atoms with van der Waals surface area (Å²) >= 11 is 0. The molecule has 0 unspecified atom stereocenters. The van der Waals surface area contributed by atoms with Gasteiger partial charge in [0.1, 0.15) is 0 Å². The molecule has 0 radical (unpaired) electrons. The standard InChI is InChI=1S/C16H18N2O.2ClH/c1-17-11-16-15-6-2-5-13(14(15)7-9-19-16)12-4-3-8-18-10-12;;/h2-6,8,10,16-17H,7,9,11H2,1H3;2*1H/t16-;;/m0../s1. The van der Waals surface area contributed by atoms with Gasteiger partial charge in [0, 0.05) is 24.5 Å². The average molecular weight is 327 g/mol. The fourth-order valence-corrected chi connectivity index (χ4v) is 2.73. The molecule has 1 aromatic carbocycles. The van der Waals surface area contributed by atoms with Crippen molar-refractivity contribution in [2.24, 2.45) is 0 Å². The van der Waals surface area contributed by atoms with E-state index in [1.807, 2.05) is 25.5 Å². The van der Waals surface area contributed by atoms with Crippen molar-refractivity contribution >= 4 is 24.8 Å². The zero-order chi connectivity index (χ0) is 13.1. The van der Waals surface area contributed by atoms with Crippen LogP contribution >= 0.6 is 24.8 Å². The first kappa shape index (κ1) is 17.9. The first-order chi connectivity index (χ1) is 9.40. The average Bonchev–Trinajstić information content (AvgIpc) is 2.48. The highest BCUT2D eigenvalue weighted by Gasteiger charge is 2.22. The summed E-state index contributed by atoms with van der Waals surface area (Å²) in [5.74, 6) is 0. The number of aromatic nitrogens is 1. The molecule has 2 heterocycles. The number of nitrogens with one attached hydrogen (secondary N) is 1. The van der Waals surface area contributed by atoms with Crippen LogP contribution in [0.25, 0.3) is 11.1 Å². The lowest BCUT2D eigenvalue weighted by molar-refractivity contribution is 0.0440. The molecule has 0 saturated heterocycles. The zero-order valence-electron chi connectivity index (χ0n) is 11.9. The number of hydrogen-bond donors (Lipinski definition) is 1. The van der Waals surface area contributed by atoms with Gasteiger partial charge in [-0.1, -0.05) is 24.3 Å². The van der Waals surface area contributed by atoms with E-state index in [1.165, 1.54) is 22.3 Å². The highest BCUT2D eigenvalue weighted by molar-refractivity contribution is 5.85. The highest BCUT2D eigenvalue weighted by atomic mass is 35.5. The van der Waals surface area contributed by atoms with Crippen molar-refractivity contribution < 1.29 is 4.74 Å². The molecule has 0 bridgehead atoms. The minimum atomic E-state index is 0. The Morgan fingerprint density at radius 2 is 2.10 bits per heavy atom. The van der Waals surface area contributed by atoms with E-state index in [9.17, 15) is 0 Å². The number of ether oxygens (including phenoxy) is 1. The Morgan fingerprint density at radius 1 is 1.24 bits per heavy atom. The summed E-state index contributed by atoms with van der Waals surface area (Å²) in [6.07, 6.45) is 4.87. The normalized spacial score (nSPS) is 16.3. The number of halogens is 2. The number of hydrogen-bond acceptors (Lipinski definition) is 3. The number of pyridine rings is 1. The van der Waals surface area contributed by atoms with Gasteiger partial charge in [0.2, 0.25) is 0 Å². The molecule has 0 aliphatic carbocycles. The molecule has 114 valence electrons. The maximum atomic E-state index is 5.86. The first-order valence-electron chi connectivity index (χ1n) is 6.68. The predicted octanol–water partition coefficient (Wildman–Crippen LogP) is 3.43. The lowest BCUT2D eigenvalue weighted by atomic mass is 9.90. The van der Waals surface area contributed by atoms with Crippen molar-refractivity contribution in [1.82, 2.24) is 10.3 Å². The molecule has 1 N–H and O–H groups in total. The number of nitrogens with zero attached hydrogens (tertiary/aromatic N) is 1. The molecule has 0 amide bonds. The minimum absolute atomic E-state index is 0. The summed E-state index contributed by atoms with van der Waals surface area (Å²) < 4.78 is 5.86. The third-order valence-electron chi connectivity index (χ3n) is 3.59. The van der Waals surface area contributed by atoms with Crippen LogP contribution in [0.2, 0.25) is 0 Å². The van der Waals surface area contributed by atoms with Gasteiger partial charge in [-0.3, -0.25) is 4.98 Å². The van der Waals surface area contributed by atoms with Crippen molar-refractivity contribution in [1.29, 1.82) is 0 Å². The van der Waals surface area contributed by atoms with Gasteiger partial charge >= 0.3 is 0 Å². The molecular formula is C16H20Cl2N2O. The summed E-state index contributed by atoms with van der Waals surface area (Å²) in [6.45, 7) is 1.64. The molecule has 0 saturated carbocycles. The summed E-state index contributed by atoms with van der Waals surface area (Å²) in [4.78, 5) is 4.22. The fourth-order valence-electron chi connectivity index (χ4n) is 2.73. The molecule has 1 aliphatic heterocycles. The highest BCUT2D eigenvalue weighted by Crippen LogP contribution is 2.33. The molecule has 1 aliphatic rings. The van der Waals surface area contributed by atoms with Crippen LogP contribution in [0.3, 0.4) is 0 Å². The Labute approximate surface area is 137 Å². The van der Waals surface area contributed by atoms with Gasteiger partial charge < -0.3 is 10.1 Å². The minimum Gasteiger partial charge on any atom is -0.372 e.